The Morgan fingerprint density at radius 3 is 2.81 bits per heavy atom. The van der Waals surface area contributed by atoms with E-state index < -0.39 is 5.82 Å². The second-order valence-electron chi connectivity index (χ2n) is 8.11. The van der Waals surface area contributed by atoms with E-state index in [9.17, 15) is 9.18 Å². The summed E-state index contributed by atoms with van der Waals surface area (Å²) >= 11 is 6.31. The van der Waals surface area contributed by atoms with Gasteiger partial charge in [-0.05, 0) is 55.9 Å². The summed E-state index contributed by atoms with van der Waals surface area (Å²) in [7, 11) is 0. The predicted molar refractivity (Wildman–Crippen MR) is 112 cm³/mol. The number of rotatable bonds is 4. The molecule has 4 heterocycles. The summed E-state index contributed by atoms with van der Waals surface area (Å²) in [5, 5.41) is 8.49. The van der Waals surface area contributed by atoms with Crippen molar-refractivity contribution in [1.82, 2.24) is 24.9 Å². The third-order valence-corrected chi connectivity index (χ3v) is 6.30. The third-order valence-electron chi connectivity index (χ3n) is 6.02. The van der Waals surface area contributed by atoms with Gasteiger partial charge in [-0.25, -0.2) is 9.37 Å². The maximum absolute atomic E-state index is 14.7. The number of aromatic nitrogens is 4. The van der Waals surface area contributed by atoms with Crippen LogP contribution in [0.4, 0.5) is 4.39 Å². The van der Waals surface area contributed by atoms with Crippen molar-refractivity contribution in [2.45, 2.75) is 38.3 Å². The quantitative estimate of drug-likeness (QED) is 0.615. The lowest BCUT2D eigenvalue weighted by Crippen LogP contribution is -2.59. The van der Waals surface area contributed by atoms with Gasteiger partial charge in [-0.15, -0.1) is 4.80 Å². The van der Waals surface area contributed by atoms with Crippen LogP contribution in [-0.4, -0.2) is 49.5 Å². The number of carbonyl (C=O) groups excluding carboxylic acids is 1. The largest absolute Gasteiger partial charge is 0.471 e. The smallest absolute Gasteiger partial charge is 0.256 e. The molecule has 3 aliphatic rings. The number of ether oxygens (including phenoxy) is 1. The second-order valence-corrected chi connectivity index (χ2v) is 8.52. The molecule has 7 nitrogen and oxygen atoms in total. The SMILES string of the molecule is Cc1cnc(OC2CC3CCC2N(C(=O)c2cccc(F)c2-n2nccn2)C3)c(Cl)c1. The van der Waals surface area contributed by atoms with Gasteiger partial charge in [0.25, 0.3) is 5.91 Å². The lowest BCUT2D eigenvalue weighted by atomic mass is 9.77. The molecule has 2 aliphatic heterocycles. The molecule has 0 radical (unpaired) electrons. The summed E-state index contributed by atoms with van der Waals surface area (Å²) in [6.07, 6.45) is 7.06. The molecular weight excluding hydrogens is 421 g/mol. The molecule has 9 heteroatoms. The Labute approximate surface area is 183 Å². The third kappa shape index (κ3) is 3.65. The summed E-state index contributed by atoms with van der Waals surface area (Å²) in [5.74, 6) is -0.113. The van der Waals surface area contributed by atoms with Crippen LogP contribution >= 0.6 is 11.6 Å². The molecular formula is C22H21ClFN5O2. The number of amides is 1. The lowest BCUT2D eigenvalue weighted by Gasteiger charge is -2.49. The highest BCUT2D eigenvalue weighted by molar-refractivity contribution is 6.31. The zero-order chi connectivity index (χ0) is 21.5. The fraction of sp³-hybridized carbons (Fsp3) is 0.364. The van der Waals surface area contributed by atoms with Crippen LogP contribution in [0.5, 0.6) is 5.88 Å². The van der Waals surface area contributed by atoms with Crippen LogP contribution in [0.3, 0.4) is 0 Å². The number of halogens is 2. The van der Waals surface area contributed by atoms with Crippen LogP contribution in [0.25, 0.3) is 5.69 Å². The number of para-hydroxylation sites is 1. The van der Waals surface area contributed by atoms with E-state index in [1.54, 1.807) is 17.2 Å². The van der Waals surface area contributed by atoms with Crippen LogP contribution in [0.2, 0.25) is 5.02 Å². The van der Waals surface area contributed by atoms with Crippen molar-refractivity contribution < 1.29 is 13.9 Å². The zero-order valence-corrected chi connectivity index (χ0v) is 17.7. The molecule has 1 saturated carbocycles. The van der Waals surface area contributed by atoms with Crippen molar-refractivity contribution in [1.29, 1.82) is 0 Å². The molecule has 1 aromatic carbocycles. The molecule has 0 N–H and O–H groups in total. The monoisotopic (exact) mass is 441 g/mol. The Morgan fingerprint density at radius 2 is 2.06 bits per heavy atom. The van der Waals surface area contributed by atoms with E-state index >= 15 is 0 Å². The number of benzene rings is 1. The molecule has 31 heavy (non-hydrogen) atoms. The van der Waals surface area contributed by atoms with Gasteiger partial charge in [0.05, 0.1) is 24.0 Å². The van der Waals surface area contributed by atoms with Crippen molar-refractivity contribution in [2.75, 3.05) is 6.54 Å². The van der Waals surface area contributed by atoms with Crippen LogP contribution in [0.1, 0.15) is 35.2 Å². The summed E-state index contributed by atoms with van der Waals surface area (Å²) in [5.41, 5.74) is 1.24. The minimum absolute atomic E-state index is 0.0552. The van der Waals surface area contributed by atoms with Crippen molar-refractivity contribution in [2.24, 2.45) is 5.92 Å². The molecule has 0 spiro atoms. The molecule has 3 fully saturated rings. The summed E-state index contributed by atoms with van der Waals surface area (Å²) in [4.78, 5) is 20.8. The number of carbonyl (C=O) groups is 1. The second kappa shape index (κ2) is 7.92. The van der Waals surface area contributed by atoms with Gasteiger partial charge in [-0.1, -0.05) is 17.7 Å². The Kier molecular flexibility index (Phi) is 5.09. The van der Waals surface area contributed by atoms with Gasteiger partial charge < -0.3 is 9.64 Å². The van der Waals surface area contributed by atoms with E-state index in [4.69, 9.17) is 16.3 Å². The summed E-state index contributed by atoms with van der Waals surface area (Å²) < 4.78 is 20.8. The van der Waals surface area contributed by atoms with E-state index in [0.29, 0.717) is 23.4 Å². The van der Waals surface area contributed by atoms with Gasteiger partial charge >= 0.3 is 0 Å². The maximum Gasteiger partial charge on any atom is 0.256 e. The molecule has 3 aromatic rings. The van der Waals surface area contributed by atoms with Crippen LogP contribution in [-0.2, 0) is 0 Å². The number of hydrogen-bond acceptors (Lipinski definition) is 5. The minimum atomic E-state index is -0.548. The summed E-state index contributed by atoms with van der Waals surface area (Å²) in [6.45, 7) is 2.53. The molecule has 160 valence electrons. The van der Waals surface area contributed by atoms with Crippen molar-refractivity contribution in [3.8, 4) is 11.6 Å². The average molecular weight is 442 g/mol. The van der Waals surface area contributed by atoms with Gasteiger partial charge in [0, 0.05) is 12.7 Å². The van der Waals surface area contributed by atoms with Gasteiger partial charge in [0.15, 0.2) is 5.82 Å². The molecule has 1 amide bonds. The van der Waals surface area contributed by atoms with Gasteiger partial charge in [-0.2, -0.15) is 10.2 Å². The first kappa shape index (κ1) is 19.9. The van der Waals surface area contributed by atoms with Gasteiger partial charge in [0.2, 0.25) is 5.88 Å². The highest BCUT2D eigenvalue weighted by Crippen LogP contribution is 2.39. The van der Waals surface area contributed by atoms with Crippen molar-refractivity contribution in [3.05, 3.63) is 64.8 Å². The molecule has 2 aromatic heterocycles. The van der Waals surface area contributed by atoms with Crippen LogP contribution in [0.15, 0.2) is 42.9 Å². The standard InChI is InChI=1S/C22H21ClFN5O2/c1-13-9-16(23)21(25-11-13)31-19-10-14-5-6-18(19)28(12-14)22(30)15-3-2-4-17(24)20(15)29-26-7-8-27-29/h2-4,7-9,11,14,18-19H,5-6,10,12H2,1H3. The zero-order valence-electron chi connectivity index (χ0n) is 16.9. The van der Waals surface area contributed by atoms with Gasteiger partial charge in [0.1, 0.15) is 16.8 Å². The van der Waals surface area contributed by atoms with E-state index in [1.165, 1.54) is 24.5 Å². The molecule has 6 rings (SSSR count). The Hall–Kier alpha value is -3.00. The maximum atomic E-state index is 14.7. The first-order valence-corrected chi connectivity index (χ1v) is 10.6. The number of nitrogens with zero attached hydrogens (tertiary/aromatic N) is 5. The average Bonchev–Trinajstić information content (AvgIpc) is 3.30. The molecule has 1 aliphatic carbocycles. The highest BCUT2D eigenvalue weighted by Gasteiger charge is 2.45. The number of hydrogen-bond donors (Lipinski definition) is 0. The van der Waals surface area contributed by atoms with Crippen LogP contribution in [0, 0.1) is 18.7 Å². The fourth-order valence-corrected chi connectivity index (χ4v) is 4.89. The number of pyridine rings is 1. The number of piperidine rings is 2. The first-order valence-electron chi connectivity index (χ1n) is 10.3. The van der Waals surface area contributed by atoms with Crippen molar-refractivity contribution >= 4 is 17.5 Å². The fourth-order valence-electron chi connectivity index (χ4n) is 4.62. The predicted octanol–water partition coefficient (Wildman–Crippen LogP) is 3.84. The topological polar surface area (TPSA) is 73.1 Å². The summed E-state index contributed by atoms with van der Waals surface area (Å²) in [6, 6.07) is 6.11. The van der Waals surface area contributed by atoms with Crippen molar-refractivity contribution in [3.63, 3.8) is 0 Å². The van der Waals surface area contributed by atoms with E-state index in [1.807, 2.05) is 13.0 Å². The molecule has 3 atom stereocenters. The van der Waals surface area contributed by atoms with Gasteiger partial charge in [-0.3, -0.25) is 4.79 Å². The lowest BCUT2D eigenvalue weighted by molar-refractivity contribution is -0.0313. The van der Waals surface area contributed by atoms with Crippen LogP contribution < -0.4 is 4.74 Å². The minimum Gasteiger partial charge on any atom is -0.471 e. The van der Waals surface area contributed by atoms with E-state index in [-0.39, 0.29) is 29.3 Å². The highest BCUT2D eigenvalue weighted by atomic mass is 35.5. The molecule has 3 unspecified atom stereocenters. The van der Waals surface area contributed by atoms with E-state index in [2.05, 4.69) is 15.2 Å². The molecule has 2 bridgehead atoms. The Morgan fingerprint density at radius 1 is 1.26 bits per heavy atom. The van der Waals surface area contributed by atoms with E-state index in [0.717, 1.165) is 29.6 Å². The number of fused-ring (bicyclic) bond motifs is 3. The Balaban J connectivity index is 1.45. The Bertz CT molecular complexity index is 1120. The normalized spacial score (nSPS) is 22.5. The molecule has 2 saturated heterocycles. The number of aryl methyl sites for hydroxylation is 1. The first-order chi connectivity index (χ1) is 15.0.